The molecule has 4 heteroatoms. The topological polar surface area (TPSA) is 57.6 Å². The van der Waals surface area contributed by atoms with Crippen molar-refractivity contribution in [3.63, 3.8) is 0 Å². The first-order valence-corrected chi connectivity index (χ1v) is 10.3. The van der Waals surface area contributed by atoms with Gasteiger partial charge < -0.3 is 10.0 Å². The van der Waals surface area contributed by atoms with Gasteiger partial charge in [0.25, 0.3) is 0 Å². The Balaban J connectivity index is 1.49. The molecule has 1 aromatic rings. The van der Waals surface area contributed by atoms with E-state index in [4.69, 9.17) is 0 Å². The molecule has 1 aromatic carbocycles. The number of carbonyl (C=O) groups is 2. The molecule has 6 rings (SSSR count). The number of fused-ring (bicyclic) bond motifs is 1. The van der Waals surface area contributed by atoms with Crippen molar-refractivity contribution in [3.05, 3.63) is 35.4 Å². The molecule has 0 radical (unpaired) electrons. The van der Waals surface area contributed by atoms with Crippen LogP contribution in [0, 0.1) is 22.2 Å². The van der Waals surface area contributed by atoms with E-state index in [0.717, 1.165) is 30.4 Å². The molecule has 4 aliphatic carbocycles. The summed E-state index contributed by atoms with van der Waals surface area (Å²) in [7, 11) is 0. The Bertz CT molecular complexity index is 813. The number of carboxylic acid groups (broad SMARTS) is 1. The lowest BCUT2D eigenvalue weighted by molar-refractivity contribution is -0.180. The largest absolute Gasteiger partial charge is 0.481 e. The first kappa shape index (κ1) is 17.3. The van der Waals surface area contributed by atoms with Gasteiger partial charge in [0, 0.05) is 13.1 Å². The zero-order chi connectivity index (χ0) is 19.0. The van der Waals surface area contributed by atoms with Crippen molar-refractivity contribution in [1.29, 1.82) is 0 Å². The van der Waals surface area contributed by atoms with Crippen molar-refractivity contribution in [1.82, 2.24) is 4.90 Å². The van der Waals surface area contributed by atoms with Crippen molar-refractivity contribution in [2.24, 2.45) is 22.2 Å². The summed E-state index contributed by atoms with van der Waals surface area (Å²) in [6, 6.07) is 7.72. The summed E-state index contributed by atoms with van der Waals surface area (Å²) in [6.07, 6.45) is 6.75. The smallest absolute Gasteiger partial charge is 0.312 e. The number of rotatable bonds is 2. The Morgan fingerprint density at radius 3 is 2.33 bits per heavy atom. The van der Waals surface area contributed by atoms with Crippen LogP contribution < -0.4 is 0 Å². The molecule has 5 aliphatic rings. The molecule has 3 unspecified atom stereocenters. The van der Waals surface area contributed by atoms with Gasteiger partial charge in [-0.15, -0.1) is 0 Å². The molecule has 0 saturated heterocycles. The van der Waals surface area contributed by atoms with Crippen LogP contribution in [-0.2, 0) is 16.1 Å². The minimum absolute atomic E-state index is 0.227. The summed E-state index contributed by atoms with van der Waals surface area (Å²) in [5.74, 6) is -0.555. The summed E-state index contributed by atoms with van der Waals surface area (Å²) in [6.45, 7) is 5.62. The number of carboxylic acids is 1. The molecule has 4 nitrogen and oxygen atoms in total. The van der Waals surface area contributed by atoms with Crippen molar-refractivity contribution in [3.8, 4) is 0 Å². The molecular formula is C23H29NO3. The van der Waals surface area contributed by atoms with Gasteiger partial charge in [0.2, 0.25) is 5.91 Å². The Labute approximate surface area is 160 Å². The van der Waals surface area contributed by atoms with Crippen molar-refractivity contribution in [2.75, 3.05) is 6.54 Å². The van der Waals surface area contributed by atoms with Crippen LogP contribution >= 0.6 is 0 Å². The molecule has 4 fully saturated rings. The number of hydrogen-bond acceptors (Lipinski definition) is 2. The van der Waals surface area contributed by atoms with Crippen LogP contribution in [0.1, 0.15) is 69.4 Å². The lowest BCUT2D eigenvalue weighted by Gasteiger charge is -2.65. The van der Waals surface area contributed by atoms with Crippen LogP contribution in [-0.4, -0.2) is 28.4 Å². The highest BCUT2D eigenvalue weighted by molar-refractivity contribution is 5.86. The lowest BCUT2D eigenvalue weighted by Crippen LogP contribution is -2.61. The van der Waals surface area contributed by atoms with Crippen molar-refractivity contribution < 1.29 is 14.7 Å². The first-order valence-electron chi connectivity index (χ1n) is 10.3. The highest BCUT2D eigenvalue weighted by atomic mass is 16.4. The van der Waals surface area contributed by atoms with E-state index in [0.29, 0.717) is 19.0 Å². The van der Waals surface area contributed by atoms with E-state index >= 15 is 0 Å². The minimum atomic E-state index is -0.829. The SMILES string of the molecule is CC12CC3CC(C)(C1)CC(C(=O)N1Cc4ccccc4C(C(=O)O)C1)(C3)C2. The second-order valence-corrected chi connectivity index (χ2v) is 10.7. The number of benzene rings is 1. The van der Waals surface area contributed by atoms with Crippen LogP contribution in [0.5, 0.6) is 0 Å². The van der Waals surface area contributed by atoms with Crippen LogP contribution in [0.25, 0.3) is 0 Å². The minimum Gasteiger partial charge on any atom is -0.481 e. The third-order valence-corrected chi connectivity index (χ3v) is 7.86. The average molecular weight is 367 g/mol. The summed E-state index contributed by atoms with van der Waals surface area (Å²) in [5, 5.41) is 9.76. The fraction of sp³-hybridized carbons (Fsp3) is 0.652. The van der Waals surface area contributed by atoms with Gasteiger partial charge in [0.05, 0.1) is 11.3 Å². The summed E-state index contributed by atoms with van der Waals surface area (Å²) < 4.78 is 0. The van der Waals surface area contributed by atoms with Gasteiger partial charge in [-0.3, -0.25) is 9.59 Å². The third-order valence-electron chi connectivity index (χ3n) is 7.86. The van der Waals surface area contributed by atoms with E-state index < -0.39 is 11.9 Å². The molecule has 1 N–H and O–H groups in total. The highest BCUT2D eigenvalue weighted by Gasteiger charge is 2.63. The van der Waals surface area contributed by atoms with Crippen LogP contribution in [0.4, 0.5) is 0 Å². The van der Waals surface area contributed by atoms with Crippen LogP contribution in [0.15, 0.2) is 24.3 Å². The normalized spacial score (nSPS) is 42.1. The average Bonchev–Trinajstić information content (AvgIpc) is 2.56. The molecule has 3 atom stereocenters. The van der Waals surface area contributed by atoms with E-state index in [-0.39, 0.29) is 22.2 Å². The fourth-order valence-electron chi connectivity index (χ4n) is 7.99. The predicted octanol–water partition coefficient (Wildman–Crippen LogP) is 4.19. The van der Waals surface area contributed by atoms with Crippen molar-refractivity contribution in [2.45, 2.75) is 64.8 Å². The molecule has 0 aromatic heterocycles. The third kappa shape index (κ3) is 2.55. The van der Waals surface area contributed by atoms with Gasteiger partial charge in [-0.25, -0.2) is 0 Å². The van der Waals surface area contributed by atoms with E-state index in [1.165, 1.54) is 19.3 Å². The van der Waals surface area contributed by atoms with Gasteiger partial charge in [-0.2, -0.15) is 0 Å². The Kier molecular flexibility index (Phi) is 3.43. The van der Waals surface area contributed by atoms with E-state index in [9.17, 15) is 14.7 Å². The van der Waals surface area contributed by atoms with Gasteiger partial charge in [-0.1, -0.05) is 38.1 Å². The molecule has 1 amide bonds. The molecule has 1 heterocycles. The molecule has 144 valence electrons. The van der Waals surface area contributed by atoms with E-state index in [1.54, 1.807) is 0 Å². The van der Waals surface area contributed by atoms with E-state index in [2.05, 4.69) is 13.8 Å². The zero-order valence-corrected chi connectivity index (χ0v) is 16.3. The molecule has 4 bridgehead atoms. The second kappa shape index (κ2) is 5.36. The Hall–Kier alpha value is -1.84. The van der Waals surface area contributed by atoms with E-state index in [1.807, 2.05) is 29.2 Å². The van der Waals surface area contributed by atoms with Gasteiger partial charge in [-0.05, 0) is 66.4 Å². The number of hydrogen-bond donors (Lipinski definition) is 1. The standard InChI is InChI=1S/C23H29NO3/c1-21-7-15-8-22(2,12-21)14-23(9-15,13-21)20(27)24-10-16-5-3-4-6-17(16)18(11-24)19(25)26/h3-6,15,18H,7-14H2,1-2H3,(H,25,26). The van der Waals surface area contributed by atoms with Crippen LogP contribution in [0.2, 0.25) is 0 Å². The number of carbonyl (C=O) groups excluding carboxylic acids is 1. The Morgan fingerprint density at radius 1 is 1.04 bits per heavy atom. The summed E-state index contributed by atoms with van der Waals surface area (Å²) in [5.41, 5.74) is 2.16. The first-order chi connectivity index (χ1) is 12.7. The zero-order valence-electron chi connectivity index (χ0n) is 16.3. The highest BCUT2D eigenvalue weighted by Crippen LogP contribution is 2.70. The molecular weight excluding hydrogens is 338 g/mol. The maximum Gasteiger partial charge on any atom is 0.312 e. The van der Waals surface area contributed by atoms with Gasteiger partial charge in [0.1, 0.15) is 0 Å². The molecule has 1 aliphatic heterocycles. The summed E-state index contributed by atoms with van der Waals surface area (Å²) >= 11 is 0. The predicted molar refractivity (Wildman–Crippen MR) is 102 cm³/mol. The van der Waals surface area contributed by atoms with Crippen molar-refractivity contribution >= 4 is 11.9 Å². The maximum absolute atomic E-state index is 13.8. The molecule has 27 heavy (non-hydrogen) atoms. The molecule has 0 spiro atoms. The van der Waals surface area contributed by atoms with Gasteiger partial charge >= 0.3 is 5.97 Å². The quantitative estimate of drug-likeness (QED) is 0.852. The number of amides is 1. The van der Waals surface area contributed by atoms with Gasteiger partial charge in [0.15, 0.2) is 0 Å². The number of nitrogens with zero attached hydrogens (tertiary/aromatic N) is 1. The second-order valence-electron chi connectivity index (χ2n) is 10.7. The fourth-order valence-corrected chi connectivity index (χ4v) is 7.99. The number of aliphatic carboxylic acids is 1. The lowest BCUT2D eigenvalue weighted by atomic mass is 9.40. The Morgan fingerprint density at radius 2 is 1.70 bits per heavy atom. The monoisotopic (exact) mass is 367 g/mol. The summed E-state index contributed by atoms with van der Waals surface area (Å²) in [4.78, 5) is 27.6. The van der Waals surface area contributed by atoms with Crippen LogP contribution in [0.3, 0.4) is 0 Å². The maximum atomic E-state index is 13.8. The molecule has 4 saturated carbocycles.